The molecule has 1 aliphatic heterocycles. The lowest BCUT2D eigenvalue weighted by molar-refractivity contribution is -0.922. The molecule has 122 valence electrons. The number of para-hydroxylation sites is 1. The summed E-state index contributed by atoms with van der Waals surface area (Å²) in [7, 11) is 0. The van der Waals surface area contributed by atoms with E-state index in [1.807, 2.05) is 12.1 Å². The maximum atomic E-state index is 12.7. The first-order valence-corrected chi connectivity index (χ1v) is 8.15. The van der Waals surface area contributed by atoms with Gasteiger partial charge in [0.15, 0.2) is 5.82 Å². The number of carbonyl (C=O) groups is 1. The molecular formula is C17H23N4O2+. The first kappa shape index (κ1) is 15.7. The summed E-state index contributed by atoms with van der Waals surface area (Å²) in [5.41, 5.74) is 5.82. The van der Waals surface area contributed by atoms with Crippen LogP contribution in [0.4, 0.5) is 0 Å². The van der Waals surface area contributed by atoms with Gasteiger partial charge in [-0.1, -0.05) is 19.1 Å². The molecule has 2 aromatic rings. The summed E-state index contributed by atoms with van der Waals surface area (Å²) < 4.78 is 1.44. The molecule has 2 heterocycles. The number of aromatic nitrogens is 2. The first-order valence-electron chi connectivity index (χ1n) is 8.15. The number of piperidine rings is 1. The van der Waals surface area contributed by atoms with Gasteiger partial charge in [0, 0.05) is 5.92 Å². The van der Waals surface area contributed by atoms with Crippen LogP contribution in [0.2, 0.25) is 0 Å². The van der Waals surface area contributed by atoms with E-state index < -0.39 is 5.91 Å². The monoisotopic (exact) mass is 315 g/mol. The number of benzene rings is 1. The zero-order chi connectivity index (χ0) is 16.4. The molecule has 1 aromatic heterocycles. The third-order valence-electron chi connectivity index (χ3n) is 4.53. The van der Waals surface area contributed by atoms with Crippen molar-refractivity contribution in [1.29, 1.82) is 0 Å². The molecular weight excluding hydrogens is 292 g/mol. The summed E-state index contributed by atoms with van der Waals surface area (Å²) in [5, 5.41) is 0.527. The highest BCUT2D eigenvalue weighted by Crippen LogP contribution is 2.09. The largest absolute Gasteiger partial charge is 0.368 e. The molecule has 0 bridgehead atoms. The molecule has 1 fully saturated rings. The Hall–Kier alpha value is -2.21. The van der Waals surface area contributed by atoms with Crippen LogP contribution in [0.25, 0.3) is 10.9 Å². The van der Waals surface area contributed by atoms with Crippen molar-refractivity contribution in [1.82, 2.24) is 9.55 Å². The predicted molar refractivity (Wildman–Crippen MR) is 88.0 cm³/mol. The lowest BCUT2D eigenvalue weighted by Crippen LogP contribution is -3.12. The molecule has 1 unspecified atom stereocenters. The lowest BCUT2D eigenvalue weighted by Gasteiger charge is -2.28. The van der Waals surface area contributed by atoms with Crippen molar-refractivity contribution in [3.05, 3.63) is 40.4 Å². The molecule has 1 aliphatic rings. The van der Waals surface area contributed by atoms with E-state index in [4.69, 9.17) is 5.73 Å². The van der Waals surface area contributed by atoms with Crippen molar-refractivity contribution in [2.24, 2.45) is 11.7 Å². The van der Waals surface area contributed by atoms with Gasteiger partial charge in [-0.25, -0.2) is 4.98 Å². The van der Waals surface area contributed by atoms with Gasteiger partial charge in [0.2, 0.25) is 5.91 Å². The van der Waals surface area contributed by atoms with Gasteiger partial charge >= 0.3 is 0 Å². The number of hydrogen-bond acceptors (Lipinski definition) is 3. The molecule has 1 saturated heterocycles. The molecule has 0 spiro atoms. The Morgan fingerprint density at radius 2 is 2.22 bits per heavy atom. The normalized spacial score (nSPS) is 21.4. The Kier molecular flexibility index (Phi) is 4.43. The van der Waals surface area contributed by atoms with Crippen LogP contribution in [-0.4, -0.2) is 28.5 Å². The van der Waals surface area contributed by atoms with Crippen molar-refractivity contribution in [2.75, 3.05) is 13.1 Å². The third kappa shape index (κ3) is 3.42. The number of carbonyl (C=O) groups excluding carboxylic acids is 1. The van der Waals surface area contributed by atoms with Crippen LogP contribution in [-0.2, 0) is 17.9 Å². The minimum Gasteiger partial charge on any atom is -0.368 e. The number of quaternary nitrogens is 1. The summed E-state index contributed by atoms with van der Waals surface area (Å²) in [4.78, 5) is 30.1. The van der Waals surface area contributed by atoms with E-state index in [0.29, 0.717) is 29.2 Å². The van der Waals surface area contributed by atoms with Crippen molar-refractivity contribution >= 4 is 16.8 Å². The zero-order valence-corrected chi connectivity index (χ0v) is 13.4. The second-order valence-corrected chi connectivity index (χ2v) is 6.53. The Morgan fingerprint density at radius 1 is 1.43 bits per heavy atom. The molecule has 3 N–H and O–H groups in total. The number of nitrogens with zero attached hydrogens (tertiary/aromatic N) is 2. The molecule has 0 radical (unpaired) electrons. The fourth-order valence-electron chi connectivity index (χ4n) is 3.45. The molecule has 3 rings (SSSR count). The third-order valence-corrected chi connectivity index (χ3v) is 4.53. The van der Waals surface area contributed by atoms with E-state index in [1.54, 1.807) is 12.1 Å². The van der Waals surface area contributed by atoms with Crippen molar-refractivity contribution < 1.29 is 9.69 Å². The van der Waals surface area contributed by atoms with Gasteiger partial charge in [-0.3, -0.25) is 14.2 Å². The van der Waals surface area contributed by atoms with E-state index in [0.717, 1.165) is 13.1 Å². The predicted octanol–water partition coefficient (Wildman–Crippen LogP) is -0.303. The number of likely N-dealkylation sites (tertiary alicyclic amines) is 1. The van der Waals surface area contributed by atoms with Crippen molar-refractivity contribution in [3.8, 4) is 0 Å². The number of fused-ring (bicyclic) bond motifs is 1. The number of rotatable bonds is 4. The Balaban J connectivity index is 2.02. The lowest BCUT2D eigenvalue weighted by atomic mass is 10.0. The van der Waals surface area contributed by atoms with Crippen LogP contribution >= 0.6 is 0 Å². The first-order chi connectivity index (χ1) is 11.0. The maximum Gasteiger partial charge on any atom is 0.262 e. The van der Waals surface area contributed by atoms with Crippen LogP contribution in [0.1, 0.15) is 25.6 Å². The second-order valence-electron chi connectivity index (χ2n) is 6.53. The van der Waals surface area contributed by atoms with Gasteiger partial charge in [0.1, 0.15) is 13.1 Å². The highest BCUT2D eigenvalue weighted by molar-refractivity contribution is 5.78. The van der Waals surface area contributed by atoms with Gasteiger partial charge in [-0.2, -0.15) is 0 Å². The second kappa shape index (κ2) is 6.50. The highest BCUT2D eigenvalue weighted by Gasteiger charge is 2.23. The van der Waals surface area contributed by atoms with Gasteiger partial charge in [0.25, 0.3) is 5.56 Å². The van der Waals surface area contributed by atoms with Crippen LogP contribution in [0.3, 0.4) is 0 Å². The number of nitrogens with one attached hydrogen (secondary N) is 1. The van der Waals surface area contributed by atoms with Gasteiger partial charge < -0.3 is 10.6 Å². The molecule has 1 amide bonds. The average molecular weight is 315 g/mol. The van der Waals surface area contributed by atoms with Crippen LogP contribution in [0.15, 0.2) is 29.1 Å². The van der Waals surface area contributed by atoms with Crippen molar-refractivity contribution in [3.63, 3.8) is 0 Å². The summed E-state index contributed by atoms with van der Waals surface area (Å²) in [6.07, 6.45) is 2.44. The maximum absolute atomic E-state index is 12.7. The molecule has 0 aliphatic carbocycles. The molecule has 1 aromatic carbocycles. The standard InChI is InChI=1S/C17H22N4O2/c1-12-5-4-8-20(9-12)11-16-19-14-7-3-2-6-13(14)17(23)21(16)10-15(18)22/h2-3,6-7,12H,4-5,8-11H2,1H3,(H2,18,22)/p+1/t12-/m0/s1. The molecule has 0 saturated carbocycles. The molecule has 6 nitrogen and oxygen atoms in total. The van der Waals surface area contributed by atoms with Gasteiger partial charge in [0.05, 0.1) is 24.0 Å². The topological polar surface area (TPSA) is 82.4 Å². The smallest absolute Gasteiger partial charge is 0.262 e. The summed E-state index contributed by atoms with van der Waals surface area (Å²) >= 11 is 0. The number of primary amides is 1. The fourth-order valence-corrected chi connectivity index (χ4v) is 3.45. The minimum absolute atomic E-state index is 0.116. The molecule has 6 heteroatoms. The number of hydrogen-bond donors (Lipinski definition) is 2. The Bertz CT molecular complexity index is 784. The number of amides is 1. The minimum atomic E-state index is -0.521. The van der Waals surface area contributed by atoms with Gasteiger partial charge in [-0.05, 0) is 25.0 Å². The SMILES string of the molecule is C[C@H]1CCC[NH+](Cc2nc3ccccc3c(=O)n2CC(N)=O)C1. The fraction of sp³-hybridized carbons (Fsp3) is 0.471. The number of nitrogens with two attached hydrogens (primary N) is 1. The zero-order valence-electron chi connectivity index (χ0n) is 13.4. The van der Waals surface area contributed by atoms with Crippen molar-refractivity contribution in [2.45, 2.75) is 32.9 Å². The van der Waals surface area contributed by atoms with Crippen LogP contribution in [0.5, 0.6) is 0 Å². The highest BCUT2D eigenvalue weighted by atomic mass is 16.2. The molecule has 2 atom stereocenters. The van der Waals surface area contributed by atoms with E-state index in [1.165, 1.54) is 22.3 Å². The summed E-state index contributed by atoms with van der Waals surface area (Å²) in [6, 6.07) is 7.24. The summed E-state index contributed by atoms with van der Waals surface area (Å²) in [5.74, 6) is 0.805. The Labute approximate surface area is 134 Å². The average Bonchev–Trinajstić information content (AvgIpc) is 2.51. The Morgan fingerprint density at radius 3 is 2.96 bits per heavy atom. The van der Waals surface area contributed by atoms with Crippen LogP contribution in [0, 0.1) is 5.92 Å². The van der Waals surface area contributed by atoms with E-state index in [2.05, 4.69) is 11.9 Å². The molecule has 23 heavy (non-hydrogen) atoms. The van der Waals surface area contributed by atoms with Gasteiger partial charge in [-0.15, -0.1) is 0 Å². The van der Waals surface area contributed by atoms with E-state index in [-0.39, 0.29) is 12.1 Å². The van der Waals surface area contributed by atoms with E-state index in [9.17, 15) is 9.59 Å². The quantitative estimate of drug-likeness (QED) is 0.812. The summed E-state index contributed by atoms with van der Waals surface area (Å²) in [6.45, 7) is 4.93. The van der Waals surface area contributed by atoms with E-state index >= 15 is 0 Å². The van der Waals surface area contributed by atoms with Crippen LogP contribution < -0.4 is 16.2 Å².